The van der Waals surface area contributed by atoms with E-state index >= 15 is 0 Å². The van der Waals surface area contributed by atoms with Crippen LogP contribution in [0.5, 0.6) is 5.88 Å². The molecule has 9 heteroatoms. The molecular weight excluding hydrogens is 530 g/mol. The quantitative estimate of drug-likeness (QED) is 0.252. The van der Waals surface area contributed by atoms with Crippen molar-refractivity contribution in [3.8, 4) is 5.88 Å². The lowest BCUT2D eigenvalue weighted by atomic mass is 10.00. The summed E-state index contributed by atoms with van der Waals surface area (Å²) in [4.78, 5) is 39.7. The van der Waals surface area contributed by atoms with Gasteiger partial charge >= 0.3 is 5.97 Å². The lowest BCUT2D eigenvalue weighted by Gasteiger charge is -2.36. The number of amides is 1. The van der Waals surface area contributed by atoms with E-state index in [4.69, 9.17) is 9.73 Å². The average Bonchev–Trinajstić information content (AvgIpc) is 3.54. The molecule has 1 amide bonds. The Hall–Kier alpha value is -4.47. The van der Waals surface area contributed by atoms with Gasteiger partial charge in [-0.3, -0.25) is 9.69 Å². The third kappa shape index (κ3) is 5.53. The molecule has 4 aromatic rings. The van der Waals surface area contributed by atoms with Gasteiger partial charge in [0.15, 0.2) is 5.88 Å². The Balaban J connectivity index is 1.32. The van der Waals surface area contributed by atoms with Gasteiger partial charge in [-0.2, -0.15) is 0 Å². The van der Waals surface area contributed by atoms with E-state index in [1.54, 1.807) is 18.2 Å². The summed E-state index contributed by atoms with van der Waals surface area (Å²) < 4.78 is 4.85. The highest BCUT2D eigenvalue weighted by Gasteiger charge is 2.33. The molecule has 2 saturated heterocycles. The fourth-order valence-electron chi connectivity index (χ4n) is 5.95. The molecule has 2 fully saturated rings. The lowest BCUT2D eigenvalue weighted by molar-refractivity contribution is -0.117. The predicted molar refractivity (Wildman–Crippen MR) is 164 cm³/mol. The fraction of sp³-hybridized carbons (Fsp3) is 0.303. The number of aromatic hydroxyl groups is 1. The summed E-state index contributed by atoms with van der Waals surface area (Å²) in [6.45, 7) is 5.03. The molecule has 216 valence electrons. The molecule has 0 spiro atoms. The minimum absolute atomic E-state index is 0.0411. The van der Waals surface area contributed by atoms with E-state index in [9.17, 15) is 14.7 Å². The number of ether oxygens (including phenoxy) is 1. The molecule has 1 aromatic heterocycles. The maximum Gasteiger partial charge on any atom is 0.337 e. The first-order chi connectivity index (χ1) is 20.4. The van der Waals surface area contributed by atoms with E-state index in [1.165, 1.54) is 7.11 Å². The molecule has 42 heavy (non-hydrogen) atoms. The van der Waals surface area contributed by atoms with Crippen LogP contribution in [0.2, 0.25) is 0 Å². The zero-order chi connectivity index (χ0) is 29.2. The van der Waals surface area contributed by atoms with Gasteiger partial charge in [-0.05, 0) is 49.9 Å². The van der Waals surface area contributed by atoms with Crippen LogP contribution in [0.15, 0.2) is 77.8 Å². The zero-order valence-corrected chi connectivity index (χ0v) is 23.9. The van der Waals surface area contributed by atoms with E-state index < -0.39 is 5.97 Å². The molecule has 0 radical (unpaired) electrons. The highest BCUT2D eigenvalue weighted by molar-refractivity contribution is 6.22. The summed E-state index contributed by atoms with van der Waals surface area (Å²) in [7, 11) is 3.49. The van der Waals surface area contributed by atoms with Gasteiger partial charge in [0, 0.05) is 61.3 Å². The second kappa shape index (κ2) is 11.8. The van der Waals surface area contributed by atoms with Gasteiger partial charge in [-0.25, -0.2) is 9.79 Å². The van der Waals surface area contributed by atoms with Crippen LogP contribution in [-0.4, -0.2) is 90.4 Å². The SMILES string of the molecule is COC(=O)c1ccc2c(C(=Nc3ccc(N4C(=O)CC[C@@H]4CN4CCN(C)CC4)cc3)c3ccccc3)c(O)[nH]c2c1. The van der Waals surface area contributed by atoms with Gasteiger partial charge in [0.2, 0.25) is 5.91 Å². The average molecular weight is 566 g/mol. The van der Waals surface area contributed by atoms with E-state index in [0.29, 0.717) is 34.5 Å². The first-order valence-electron chi connectivity index (χ1n) is 14.3. The van der Waals surface area contributed by atoms with Crippen molar-refractivity contribution in [3.05, 3.63) is 89.5 Å². The number of fused-ring (bicyclic) bond motifs is 1. The first kappa shape index (κ1) is 27.7. The summed E-state index contributed by atoms with van der Waals surface area (Å²) in [6.07, 6.45) is 1.43. The monoisotopic (exact) mass is 565 g/mol. The minimum atomic E-state index is -0.452. The predicted octanol–water partition coefficient (Wildman–Crippen LogP) is 4.57. The second-order valence-electron chi connectivity index (χ2n) is 11.0. The lowest BCUT2D eigenvalue weighted by Crippen LogP contribution is -2.49. The number of rotatable bonds is 7. The van der Waals surface area contributed by atoms with Gasteiger partial charge < -0.3 is 24.6 Å². The van der Waals surface area contributed by atoms with E-state index in [-0.39, 0.29) is 17.8 Å². The van der Waals surface area contributed by atoms with E-state index in [0.717, 1.165) is 55.8 Å². The Morgan fingerprint density at radius 3 is 2.45 bits per heavy atom. The van der Waals surface area contributed by atoms with Crippen molar-refractivity contribution in [3.63, 3.8) is 0 Å². The molecule has 0 aliphatic carbocycles. The van der Waals surface area contributed by atoms with Gasteiger partial charge in [0.25, 0.3) is 0 Å². The number of aromatic amines is 1. The largest absolute Gasteiger partial charge is 0.494 e. The molecule has 0 bridgehead atoms. The summed E-state index contributed by atoms with van der Waals surface area (Å²) in [6, 6.07) is 22.7. The van der Waals surface area contributed by atoms with Crippen LogP contribution in [0, 0.1) is 0 Å². The minimum Gasteiger partial charge on any atom is -0.494 e. The van der Waals surface area contributed by atoms with Crippen molar-refractivity contribution in [1.82, 2.24) is 14.8 Å². The number of carbonyl (C=O) groups is 2. The smallest absolute Gasteiger partial charge is 0.337 e. The molecule has 2 aliphatic rings. The number of anilines is 1. The number of esters is 1. The zero-order valence-electron chi connectivity index (χ0n) is 23.9. The number of aromatic nitrogens is 1. The standard InChI is InChI=1S/C33H35N5O4/c1-36-16-18-37(19-17-36)21-26-13-15-29(39)38(26)25-11-9-24(10-12-25)34-31(22-6-4-3-5-7-22)30-27-14-8-23(33(41)42-2)20-28(27)35-32(30)40/h3-12,14,20,26,35,40H,13,15-19,21H2,1-2H3/t26-/m1/s1. The molecule has 9 nitrogen and oxygen atoms in total. The number of H-pyrrole nitrogens is 1. The van der Waals surface area contributed by atoms with E-state index in [1.807, 2.05) is 59.5 Å². The van der Waals surface area contributed by atoms with Crippen molar-refractivity contribution >= 4 is 39.9 Å². The Labute approximate surface area is 245 Å². The third-order valence-electron chi connectivity index (χ3n) is 8.24. The van der Waals surface area contributed by atoms with Crippen molar-refractivity contribution in [2.24, 2.45) is 4.99 Å². The first-order valence-corrected chi connectivity index (χ1v) is 14.3. The number of carbonyl (C=O) groups excluding carboxylic acids is 2. The number of methoxy groups -OCH3 is 1. The Kier molecular flexibility index (Phi) is 7.78. The van der Waals surface area contributed by atoms with Crippen molar-refractivity contribution < 1.29 is 19.4 Å². The maximum atomic E-state index is 12.9. The van der Waals surface area contributed by atoms with Crippen LogP contribution in [0.3, 0.4) is 0 Å². The second-order valence-corrected chi connectivity index (χ2v) is 11.0. The Bertz CT molecular complexity index is 1620. The fourth-order valence-corrected chi connectivity index (χ4v) is 5.95. The molecule has 3 aromatic carbocycles. The Morgan fingerprint density at radius 2 is 1.74 bits per heavy atom. The molecule has 2 N–H and O–H groups in total. The third-order valence-corrected chi connectivity index (χ3v) is 8.24. The summed E-state index contributed by atoms with van der Waals surface area (Å²) in [5.41, 5.74) is 4.51. The normalized spacial score (nSPS) is 18.6. The molecule has 0 saturated carbocycles. The molecule has 6 rings (SSSR count). The summed E-state index contributed by atoms with van der Waals surface area (Å²) in [5, 5.41) is 11.8. The summed E-state index contributed by atoms with van der Waals surface area (Å²) in [5.74, 6) is -0.335. The summed E-state index contributed by atoms with van der Waals surface area (Å²) >= 11 is 0. The highest BCUT2D eigenvalue weighted by Crippen LogP contribution is 2.34. The number of nitrogens with zero attached hydrogens (tertiary/aromatic N) is 4. The molecule has 2 aliphatic heterocycles. The number of hydrogen-bond donors (Lipinski definition) is 2. The number of hydrogen-bond acceptors (Lipinski definition) is 7. The maximum absolute atomic E-state index is 12.9. The van der Waals surface area contributed by atoms with E-state index in [2.05, 4.69) is 21.8 Å². The molecular formula is C33H35N5O4. The van der Waals surface area contributed by atoms with Gasteiger partial charge in [0.05, 0.1) is 35.7 Å². The number of aliphatic imine (C=N–C) groups is 1. The number of nitrogens with one attached hydrogen (secondary N) is 1. The van der Waals surface area contributed by atoms with Crippen LogP contribution in [0.25, 0.3) is 10.9 Å². The van der Waals surface area contributed by atoms with Crippen LogP contribution >= 0.6 is 0 Å². The highest BCUT2D eigenvalue weighted by atomic mass is 16.5. The number of piperazine rings is 1. The van der Waals surface area contributed by atoms with Gasteiger partial charge in [-0.1, -0.05) is 36.4 Å². The van der Waals surface area contributed by atoms with Crippen molar-refractivity contribution in [2.75, 3.05) is 51.8 Å². The van der Waals surface area contributed by atoms with Crippen molar-refractivity contribution in [1.29, 1.82) is 0 Å². The van der Waals surface area contributed by atoms with Gasteiger partial charge in [-0.15, -0.1) is 0 Å². The van der Waals surface area contributed by atoms with Crippen LogP contribution in [-0.2, 0) is 9.53 Å². The van der Waals surface area contributed by atoms with Gasteiger partial charge in [0.1, 0.15) is 0 Å². The Morgan fingerprint density at radius 1 is 1.00 bits per heavy atom. The van der Waals surface area contributed by atoms with Crippen LogP contribution in [0.1, 0.15) is 34.3 Å². The molecule has 3 heterocycles. The molecule has 1 atom stereocenters. The number of likely N-dealkylation sites (N-methyl/N-ethyl adjacent to an activating group) is 1. The topological polar surface area (TPSA) is 101 Å². The van der Waals surface area contributed by atoms with Crippen LogP contribution < -0.4 is 4.90 Å². The number of benzene rings is 3. The van der Waals surface area contributed by atoms with Crippen molar-refractivity contribution in [2.45, 2.75) is 18.9 Å². The molecule has 0 unspecified atom stereocenters. The van der Waals surface area contributed by atoms with Crippen LogP contribution in [0.4, 0.5) is 11.4 Å².